The summed E-state index contributed by atoms with van der Waals surface area (Å²) >= 11 is 0. The van der Waals surface area contributed by atoms with E-state index in [1.165, 1.54) is 0 Å². The number of hydrogen-bond donors (Lipinski definition) is 3. The van der Waals surface area contributed by atoms with Gasteiger partial charge in [-0.3, -0.25) is 14.4 Å². The maximum atomic E-state index is 12.0. The Morgan fingerprint density at radius 2 is 1.86 bits per heavy atom. The molecule has 122 valence electrons. The van der Waals surface area contributed by atoms with Crippen LogP contribution in [-0.2, 0) is 16.1 Å². The molecule has 1 heterocycles. The van der Waals surface area contributed by atoms with Crippen LogP contribution in [0.4, 0.5) is 0 Å². The minimum absolute atomic E-state index is 0.135. The quantitative estimate of drug-likeness (QED) is 0.779. The van der Waals surface area contributed by atoms with Crippen molar-refractivity contribution in [1.82, 2.24) is 15.6 Å². The summed E-state index contributed by atoms with van der Waals surface area (Å²) in [6.45, 7) is 10.7. The Morgan fingerprint density at radius 3 is 2.36 bits per heavy atom. The van der Waals surface area contributed by atoms with E-state index >= 15 is 0 Å². The summed E-state index contributed by atoms with van der Waals surface area (Å²) in [6.07, 6.45) is 0. The number of carbonyl (C=O) groups excluding carboxylic acids is 2. The third-order valence-electron chi connectivity index (χ3n) is 3.36. The third-order valence-corrected chi connectivity index (χ3v) is 3.36. The van der Waals surface area contributed by atoms with Crippen molar-refractivity contribution in [2.45, 2.75) is 54.1 Å². The van der Waals surface area contributed by atoms with E-state index < -0.39 is 11.5 Å². The number of nitrogens with one attached hydrogen (secondary N) is 3. The number of pyridine rings is 1. The predicted octanol–water partition coefficient (Wildman–Crippen LogP) is 1.16. The van der Waals surface area contributed by atoms with E-state index in [9.17, 15) is 14.4 Å². The topological polar surface area (TPSA) is 91.1 Å². The first-order valence-corrected chi connectivity index (χ1v) is 7.30. The van der Waals surface area contributed by atoms with E-state index in [0.717, 1.165) is 11.3 Å². The van der Waals surface area contributed by atoms with E-state index in [2.05, 4.69) is 15.6 Å². The summed E-state index contributed by atoms with van der Waals surface area (Å²) in [5.74, 6) is -0.517. The maximum absolute atomic E-state index is 12.0. The molecule has 6 heteroatoms. The van der Waals surface area contributed by atoms with Gasteiger partial charge in [0.25, 0.3) is 5.56 Å². The number of rotatable bonds is 4. The van der Waals surface area contributed by atoms with Gasteiger partial charge in [-0.1, -0.05) is 20.8 Å². The average Bonchev–Trinajstić information content (AvgIpc) is 2.35. The lowest BCUT2D eigenvalue weighted by Crippen LogP contribution is -2.48. The molecule has 0 fully saturated rings. The lowest BCUT2D eigenvalue weighted by atomic mass is 9.95. The first-order chi connectivity index (χ1) is 10.0. The molecule has 0 spiro atoms. The SMILES string of the molecule is Cc1cc(C)c(CNC(=O)C(C)NC(=O)C(C)(C)C)c(=O)[nH]1. The summed E-state index contributed by atoms with van der Waals surface area (Å²) < 4.78 is 0. The summed E-state index contributed by atoms with van der Waals surface area (Å²) in [7, 11) is 0. The molecule has 0 aliphatic rings. The molecule has 0 aromatic carbocycles. The largest absolute Gasteiger partial charge is 0.350 e. The highest BCUT2D eigenvalue weighted by atomic mass is 16.2. The molecule has 0 aliphatic heterocycles. The van der Waals surface area contributed by atoms with E-state index in [1.807, 2.05) is 13.0 Å². The van der Waals surface area contributed by atoms with Crippen LogP contribution >= 0.6 is 0 Å². The zero-order chi connectivity index (χ0) is 17.1. The molecule has 0 radical (unpaired) electrons. The summed E-state index contributed by atoms with van der Waals surface area (Å²) in [6, 6.07) is 1.20. The van der Waals surface area contributed by atoms with Gasteiger partial charge in [0, 0.05) is 23.2 Å². The van der Waals surface area contributed by atoms with Crippen molar-refractivity contribution in [3.05, 3.63) is 33.2 Å². The Bertz CT molecular complexity index is 627. The van der Waals surface area contributed by atoms with Crippen molar-refractivity contribution in [3.8, 4) is 0 Å². The average molecular weight is 307 g/mol. The van der Waals surface area contributed by atoms with Gasteiger partial charge in [0.15, 0.2) is 0 Å². The minimum Gasteiger partial charge on any atom is -0.350 e. The smallest absolute Gasteiger partial charge is 0.253 e. The molecule has 1 aromatic heterocycles. The van der Waals surface area contributed by atoms with Crippen LogP contribution in [0.15, 0.2) is 10.9 Å². The summed E-state index contributed by atoms with van der Waals surface area (Å²) in [5, 5.41) is 5.34. The van der Waals surface area contributed by atoms with Crippen LogP contribution in [0.5, 0.6) is 0 Å². The molecule has 0 saturated carbocycles. The van der Waals surface area contributed by atoms with Crippen molar-refractivity contribution < 1.29 is 9.59 Å². The normalized spacial score (nSPS) is 12.6. The number of aromatic nitrogens is 1. The fourth-order valence-electron chi connectivity index (χ4n) is 1.91. The van der Waals surface area contributed by atoms with Crippen LogP contribution in [0.2, 0.25) is 0 Å². The van der Waals surface area contributed by atoms with Gasteiger partial charge in [-0.15, -0.1) is 0 Å². The minimum atomic E-state index is -0.656. The van der Waals surface area contributed by atoms with Gasteiger partial charge in [-0.05, 0) is 32.4 Å². The van der Waals surface area contributed by atoms with Crippen LogP contribution in [-0.4, -0.2) is 22.8 Å². The lowest BCUT2D eigenvalue weighted by molar-refractivity contribution is -0.133. The van der Waals surface area contributed by atoms with Gasteiger partial charge >= 0.3 is 0 Å². The van der Waals surface area contributed by atoms with Gasteiger partial charge in [0.2, 0.25) is 11.8 Å². The molecule has 0 saturated heterocycles. The van der Waals surface area contributed by atoms with Crippen molar-refractivity contribution in [1.29, 1.82) is 0 Å². The van der Waals surface area contributed by atoms with Gasteiger partial charge in [0.05, 0.1) is 0 Å². The van der Waals surface area contributed by atoms with Crippen LogP contribution < -0.4 is 16.2 Å². The highest BCUT2D eigenvalue weighted by Crippen LogP contribution is 2.12. The van der Waals surface area contributed by atoms with Crippen molar-refractivity contribution in [2.24, 2.45) is 5.41 Å². The Kier molecular flexibility index (Phi) is 5.52. The predicted molar refractivity (Wildman–Crippen MR) is 85.4 cm³/mol. The summed E-state index contributed by atoms with van der Waals surface area (Å²) in [4.78, 5) is 38.5. The Hall–Kier alpha value is -2.11. The van der Waals surface area contributed by atoms with E-state index in [-0.39, 0.29) is 23.9 Å². The van der Waals surface area contributed by atoms with Gasteiger partial charge in [-0.25, -0.2) is 0 Å². The number of carbonyl (C=O) groups is 2. The zero-order valence-corrected chi connectivity index (χ0v) is 14.1. The van der Waals surface area contributed by atoms with E-state index in [1.54, 1.807) is 34.6 Å². The number of hydrogen-bond acceptors (Lipinski definition) is 3. The van der Waals surface area contributed by atoms with Crippen molar-refractivity contribution in [3.63, 3.8) is 0 Å². The lowest BCUT2D eigenvalue weighted by Gasteiger charge is -2.21. The molecule has 6 nitrogen and oxygen atoms in total. The van der Waals surface area contributed by atoms with Crippen LogP contribution in [0, 0.1) is 19.3 Å². The third kappa shape index (κ3) is 4.72. The monoisotopic (exact) mass is 307 g/mol. The van der Waals surface area contributed by atoms with E-state index in [4.69, 9.17) is 0 Å². The Labute approximate surface area is 130 Å². The molecular formula is C16H25N3O3. The molecule has 1 atom stereocenters. The molecule has 2 amide bonds. The molecule has 0 aliphatic carbocycles. The Morgan fingerprint density at radius 1 is 1.27 bits per heavy atom. The zero-order valence-electron chi connectivity index (χ0n) is 14.1. The van der Waals surface area contributed by atoms with Crippen LogP contribution in [0.25, 0.3) is 0 Å². The number of aromatic amines is 1. The maximum Gasteiger partial charge on any atom is 0.253 e. The van der Waals surface area contributed by atoms with Crippen LogP contribution in [0.1, 0.15) is 44.5 Å². The number of amides is 2. The Balaban J connectivity index is 2.67. The number of H-pyrrole nitrogens is 1. The second kappa shape index (κ2) is 6.77. The highest BCUT2D eigenvalue weighted by Gasteiger charge is 2.25. The van der Waals surface area contributed by atoms with Gasteiger partial charge in [0.1, 0.15) is 6.04 Å². The molecule has 1 aromatic rings. The standard InChI is InChI=1S/C16H25N3O3/c1-9-7-10(2)18-14(21)12(9)8-17-13(20)11(3)19-15(22)16(4,5)6/h7,11H,8H2,1-6H3,(H,17,20)(H,18,21)(H,19,22). The van der Waals surface area contributed by atoms with Crippen molar-refractivity contribution >= 4 is 11.8 Å². The number of aryl methyl sites for hydroxylation is 2. The second-order valence-electron chi connectivity index (χ2n) is 6.61. The first kappa shape index (κ1) is 17.9. The second-order valence-corrected chi connectivity index (χ2v) is 6.61. The summed E-state index contributed by atoms with van der Waals surface area (Å²) in [5.41, 5.74) is 1.37. The van der Waals surface area contributed by atoms with Crippen molar-refractivity contribution in [2.75, 3.05) is 0 Å². The van der Waals surface area contributed by atoms with Gasteiger partial charge < -0.3 is 15.6 Å². The molecule has 1 rings (SSSR count). The molecule has 0 bridgehead atoms. The first-order valence-electron chi connectivity index (χ1n) is 7.30. The molecule has 1 unspecified atom stereocenters. The highest BCUT2D eigenvalue weighted by molar-refractivity contribution is 5.89. The van der Waals surface area contributed by atoms with Crippen LogP contribution in [0.3, 0.4) is 0 Å². The molecular weight excluding hydrogens is 282 g/mol. The fourth-order valence-corrected chi connectivity index (χ4v) is 1.91. The molecule has 3 N–H and O–H groups in total. The molecule has 22 heavy (non-hydrogen) atoms. The fraction of sp³-hybridized carbons (Fsp3) is 0.562. The van der Waals surface area contributed by atoms with E-state index in [0.29, 0.717) is 5.56 Å². The van der Waals surface area contributed by atoms with Gasteiger partial charge in [-0.2, -0.15) is 0 Å².